The van der Waals surface area contributed by atoms with Crippen molar-refractivity contribution in [2.75, 3.05) is 0 Å². The fourth-order valence-corrected chi connectivity index (χ4v) is 4.01. The normalized spacial score (nSPS) is 10.8. The molecule has 1 aromatic heterocycles. The summed E-state index contributed by atoms with van der Waals surface area (Å²) in [5.41, 5.74) is -0.787. The summed E-state index contributed by atoms with van der Waals surface area (Å²) < 4.78 is 10.2. The number of benzene rings is 3. The third-order valence-corrected chi connectivity index (χ3v) is 5.72. The van der Waals surface area contributed by atoms with Gasteiger partial charge in [0, 0.05) is 34.0 Å². The lowest BCUT2D eigenvalue weighted by Gasteiger charge is -2.09. The molecule has 166 valence electrons. The molecule has 9 nitrogen and oxygen atoms in total. The lowest BCUT2D eigenvalue weighted by Crippen LogP contribution is -2.08. The van der Waals surface area contributed by atoms with Gasteiger partial charge in [0.2, 0.25) is 0 Å². The van der Waals surface area contributed by atoms with E-state index in [1.165, 1.54) is 30.0 Å². The van der Waals surface area contributed by atoms with E-state index in [2.05, 4.69) is 0 Å². The fraction of sp³-hybridized carbons (Fsp3) is 0.0435. The van der Waals surface area contributed by atoms with Gasteiger partial charge in [-0.2, -0.15) is 0 Å². The first-order valence-electron chi connectivity index (χ1n) is 9.49. The first-order chi connectivity index (χ1) is 15.8. The summed E-state index contributed by atoms with van der Waals surface area (Å²) in [5, 5.41) is 31.2. The summed E-state index contributed by atoms with van der Waals surface area (Å²) >= 11 is 1.20. The third kappa shape index (κ3) is 4.80. The summed E-state index contributed by atoms with van der Waals surface area (Å²) in [5.74, 6) is -1.75. The highest BCUT2D eigenvalue weighted by Gasteiger charge is 2.20. The van der Waals surface area contributed by atoms with Crippen LogP contribution in [0.15, 0.2) is 85.7 Å². The van der Waals surface area contributed by atoms with Crippen molar-refractivity contribution in [3.05, 3.63) is 98.4 Å². The number of nitro groups is 1. The summed E-state index contributed by atoms with van der Waals surface area (Å²) in [4.78, 5) is 36.5. The van der Waals surface area contributed by atoms with Crippen molar-refractivity contribution in [3.63, 3.8) is 0 Å². The predicted octanol–water partition coefficient (Wildman–Crippen LogP) is 4.62. The van der Waals surface area contributed by atoms with Gasteiger partial charge < -0.3 is 19.4 Å². The van der Waals surface area contributed by atoms with Crippen LogP contribution in [0.1, 0.15) is 15.9 Å². The molecule has 1 heterocycles. The van der Waals surface area contributed by atoms with Crippen molar-refractivity contribution >= 4 is 34.4 Å². The van der Waals surface area contributed by atoms with E-state index in [1.807, 2.05) is 30.3 Å². The minimum absolute atomic E-state index is 0.00164. The molecule has 0 aliphatic heterocycles. The van der Waals surface area contributed by atoms with Crippen LogP contribution >= 0.6 is 11.8 Å². The van der Waals surface area contributed by atoms with Crippen molar-refractivity contribution in [1.29, 1.82) is 0 Å². The smallest absolute Gasteiger partial charge is 0.338 e. The van der Waals surface area contributed by atoms with E-state index in [9.17, 15) is 29.9 Å². The molecule has 0 saturated carbocycles. The molecule has 0 spiro atoms. The van der Waals surface area contributed by atoms with E-state index in [0.29, 0.717) is 4.90 Å². The van der Waals surface area contributed by atoms with Crippen LogP contribution < -0.4 is 5.63 Å². The number of fused-ring (bicyclic) bond motifs is 1. The quantitative estimate of drug-likeness (QED) is 0.137. The van der Waals surface area contributed by atoms with E-state index < -0.39 is 28.0 Å². The molecule has 0 aliphatic rings. The van der Waals surface area contributed by atoms with Crippen LogP contribution in [-0.2, 0) is 11.3 Å². The summed E-state index contributed by atoms with van der Waals surface area (Å²) in [6.45, 7) is -0.362. The van der Waals surface area contributed by atoms with Gasteiger partial charge in [-0.25, -0.2) is 9.59 Å². The summed E-state index contributed by atoms with van der Waals surface area (Å²) in [6.07, 6.45) is 0. The van der Waals surface area contributed by atoms with Gasteiger partial charge in [0.1, 0.15) is 12.2 Å². The second-order valence-electron chi connectivity index (χ2n) is 6.86. The number of carbonyl (C=O) groups is 1. The molecule has 33 heavy (non-hydrogen) atoms. The van der Waals surface area contributed by atoms with E-state index in [4.69, 9.17) is 9.15 Å². The number of hydrogen-bond acceptors (Lipinski definition) is 9. The van der Waals surface area contributed by atoms with Gasteiger partial charge in [-0.3, -0.25) is 10.1 Å². The van der Waals surface area contributed by atoms with Crippen molar-refractivity contribution in [2.24, 2.45) is 0 Å². The van der Waals surface area contributed by atoms with E-state index in [1.54, 1.807) is 0 Å². The molecule has 2 N–H and O–H groups in total. The first-order valence-corrected chi connectivity index (χ1v) is 10.3. The lowest BCUT2D eigenvalue weighted by atomic mass is 10.1. The number of nitro benzene ring substituents is 1. The highest BCUT2D eigenvalue weighted by molar-refractivity contribution is 7.99. The van der Waals surface area contributed by atoms with Gasteiger partial charge in [0.25, 0.3) is 5.69 Å². The van der Waals surface area contributed by atoms with Gasteiger partial charge >= 0.3 is 11.6 Å². The van der Waals surface area contributed by atoms with Crippen molar-refractivity contribution in [1.82, 2.24) is 0 Å². The maximum Gasteiger partial charge on any atom is 0.338 e. The van der Waals surface area contributed by atoms with Crippen molar-refractivity contribution in [3.8, 4) is 11.5 Å². The second kappa shape index (κ2) is 9.05. The topological polar surface area (TPSA) is 140 Å². The number of nitrogens with zero attached hydrogens (tertiary/aromatic N) is 1. The molecule has 0 aliphatic carbocycles. The number of phenols is 2. The largest absolute Gasteiger partial charge is 0.504 e. The van der Waals surface area contributed by atoms with Crippen LogP contribution in [-0.4, -0.2) is 21.1 Å². The Kier molecular flexibility index (Phi) is 6.01. The summed E-state index contributed by atoms with van der Waals surface area (Å²) in [6, 6.07) is 16.5. The Labute approximate surface area is 190 Å². The highest BCUT2D eigenvalue weighted by Crippen LogP contribution is 2.35. The Morgan fingerprint density at radius 3 is 2.48 bits per heavy atom. The fourth-order valence-electron chi connectivity index (χ4n) is 3.09. The van der Waals surface area contributed by atoms with Crippen LogP contribution in [0.3, 0.4) is 0 Å². The number of hydrogen-bond donors (Lipinski definition) is 2. The molecule has 3 aromatic carbocycles. The van der Waals surface area contributed by atoms with Crippen LogP contribution in [0.25, 0.3) is 11.0 Å². The molecule has 10 heteroatoms. The number of phenolic OH excluding ortho intramolecular Hbond substituents is 2. The lowest BCUT2D eigenvalue weighted by molar-refractivity contribution is -0.387. The van der Waals surface area contributed by atoms with Crippen LogP contribution in [0.4, 0.5) is 5.69 Å². The van der Waals surface area contributed by atoms with Crippen molar-refractivity contribution < 1.29 is 29.1 Å². The Morgan fingerprint density at radius 2 is 1.76 bits per heavy atom. The number of esters is 1. The van der Waals surface area contributed by atoms with E-state index >= 15 is 0 Å². The van der Waals surface area contributed by atoms with Crippen LogP contribution in [0.5, 0.6) is 11.5 Å². The van der Waals surface area contributed by atoms with Crippen LogP contribution in [0, 0.1) is 10.1 Å². The Morgan fingerprint density at radius 1 is 1.03 bits per heavy atom. The minimum atomic E-state index is -0.834. The van der Waals surface area contributed by atoms with E-state index in [0.717, 1.165) is 23.1 Å². The molecule has 0 saturated heterocycles. The van der Waals surface area contributed by atoms with Gasteiger partial charge in [-0.05, 0) is 30.3 Å². The Hall–Kier alpha value is -4.31. The first kappa shape index (κ1) is 21.9. The summed E-state index contributed by atoms with van der Waals surface area (Å²) in [7, 11) is 0. The zero-order chi connectivity index (χ0) is 23.5. The Bertz CT molecular complexity index is 1430. The second-order valence-corrected chi connectivity index (χ2v) is 7.97. The molecule has 0 unspecified atom stereocenters. The Balaban J connectivity index is 1.58. The number of ether oxygens (including phenoxy) is 1. The van der Waals surface area contributed by atoms with E-state index in [-0.39, 0.29) is 34.4 Å². The SMILES string of the molecule is O=C(OCc1cc(=O)oc2cc(O)c(O)cc12)c1ccc(Sc2ccccc2)c([N+](=O)[O-])c1. The number of rotatable bonds is 6. The maximum atomic E-state index is 12.6. The van der Waals surface area contributed by atoms with Gasteiger partial charge in [-0.1, -0.05) is 30.0 Å². The zero-order valence-electron chi connectivity index (χ0n) is 16.8. The highest BCUT2D eigenvalue weighted by atomic mass is 32.2. The van der Waals surface area contributed by atoms with Crippen LogP contribution in [0.2, 0.25) is 0 Å². The third-order valence-electron chi connectivity index (χ3n) is 4.65. The molecule has 0 radical (unpaired) electrons. The molecule has 0 fully saturated rings. The molecule has 0 atom stereocenters. The predicted molar refractivity (Wildman–Crippen MR) is 119 cm³/mol. The molecular formula is C23H15NO8S. The molecule has 4 rings (SSSR count). The van der Waals surface area contributed by atoms with Gasteiger partial charge in [-0.15, -0.1) is 0 Å². The standard InChI is InChI=1S/C23H15NO8S/c25-18-10-16-14(9-22(27)32-20(16)11-19(18)26)12-31-23(28)13-6-7-21(17(8-13)24(29)30)33-15-4-2-1-3-5-15/h1-11,25-26H,12H2. The zero-order valence-corrected chi connectivity index (χ0v) is 17.6. The monoisotopic (exact) mass is 465 g/mol. The van der Waals surface area contributed by atoms with Crippen molar-refractivity contribution in [2.45, 2.75) is 16.4 Å². The average Bonchev–Trinajstić information content (AvgIpc) is 2.79. The number of carbonyl (C=O) groups excluding carboxylic acids is 1. The van der Waals surface area contributed by atoms with Gasteiger partial charge in [0.05, 0.1) is 15.4 Å². The van der Waals surface area contributed by atoms with Gasteiger partial charge in [0.15, 0.2) is 11.5 Å². The molecular weight excluding hydrogens is 450 g/mol. The maximum absolute atomic E-state index is 12.6. The average molecular weight is 465 g/mol. The molecule has 0 bridgehead atoms. The molecule has 4 aromatic rings. The molecule has 0 amide bonds. The number of aromatic hydroxyl groups is 2. The minimum Gasteiger partial charge on any atom is -0.504 e.